The van der Waals surface area contributed by atoms with Gasteiger partial charge >= 0.3 is 5.51 Å². The first-order valence-electron chi connectivity index (χ1n) is 4.76. The lowest BCUT2D eigenvalue weighted by Crippen LogP contribution is -2.14. The number of hydrogen-bond donors (Lipinski definition) is 0. The number of hydrogen-bond acceptors (Lipinski definition) is 2. The summed E-state index contributed by atoms with van der Waals surface area (Å²) >= 11 is 2.83. The maximum absolute atomic E-state index is 12.4. The molecule has 0 aliphatic rings. The van der Waals surface area contributed by atoms with Crippen molar-refractivity contribution in [2.45, 2.75) is 29.1 Å². The number of Topliss-reactive ketones (excluding diaryl/α,β-unsaturated/α-hetero) is 1. The van der Waals surface area contributed by atoms with Gasteiger partial charge in [-0.2, -0.15) is 13.2 Å². The molecular formula is C11H10BrF3OS. The Kier molecular flexibility index (Phi) is 4.66. The van der Waals surface area contributed by atoms with Gasteiger partial charge in [0.05, 0.1) is 4.83 Å². The van der Waals surface area contributed by atoms with E-state index in [1.165, 1.54) is 12.1 Å². The molecule has 0 radical (unpaired) electrons. The van der Waals surface area contributed by atoms with Crippen molar-refractivity contribution < 1.29 is 18.0 Å². The predicted octanol–water partition coefficient (Wildman–Crippen LogP) is 4.57. The first-order chi connectivity index (χ1) is 7.72. The van der Waals surface area contributed by atoms with E-state index in [4.69, 9.17) is 0 Å². The molecule has 0 saturated heterocycles. The summed E-state index contributed by atoms with van der Waals surface area (Å²) in [4.78, 5) is 11.3. The standard InChI is InChI=1S/C11H10BrF3OS/c1-6-4-3-5-8(17-11(13,14)15)9(6)10(16)7(2)12/h3-5,7H,1-2H3. The minimum absolute atomic E-state index is 0.0474. The third-order valence-electron chi connectivity index (χ3n) is 2.07. The molecule has 0 N–H and O–H groups in total. The lowest BCUT2D eigenvalue weighted by molar-refractivity contribution is -0.0328. The van der Waals surface area contributed by atoms with Gasteiger partial charge in [-0.1, -0.05) is 28.1 Å². The molecule has 0 aliphatic carbocycles. The fourth-order valence-corrected chi connectivity index (χ4v) is 2.35. The van der Waals surface area contributed by atoms with Crippen LogP contribution in [0, 0.1) is 6.92 Å². The van der Waals surface area contributed by atoms with E-state index in [1.807, 2.05) is 0 Å². The third kappa shape index (κ3) is 4.03. The summed E-state index contributed by atoms with van der Waals surface area (Å²) in [5, 5.41) is 0. The number of carbonyl (C=O) groups excluding carboxylic acids is 1. The number of alkyl halides is 4. The quantitative estimate of drug-likeness (QED) is 0.459. The molecule has 0 amide bonds. The fraction of sp³-hybridized carbons (Fsp3) is 0.364. The maximum Gasteiger partial charge on any atom is 0.446 e. The van der Waals surface area contributed by atoms with Crippen LogP contribution in [0.3, 0.4) is 0 Å². The van der Waals surface area contributed by atoms with E-state index in [0.29, 0.717) is 5.56 Å². The summed E-state index contributed by atoms with van der Waals surface area (Å²) in [5.74, 6) is -0.338. The monoisotopic (exact) mass is 326 g/mol. The van der Waals surface area contributed by atoms with Crippen LogP contribution < -0.4 is 0 Å². The fourth-order valence-electron chi connectivity index (χ4n) is 1.37. The Labute approximate surface area is 110 Å². The van der Waals surface area contributed by atoms with Crippen LogP contribution in [-0.4, -0.2) is 16.1 Å². The molecule has 0 fully saturated rings. The average Bonchev–Trinajstić information content (AvgIpc) is 2.14. The van der Waals surface area contributed by atoms with E-state index < -0.39 is 10.3 Å². The summed E-state index contributed by atoms with van der Waals surface area (Å²) in [7, 11) is 0. The van der Waals surface area contributed by atoms with E-state index in [2.05, 4.69) is 15.9 Å². The molecule has 1 nitrogen and oxygen atoms in total. The molecule has 1 atom stereocenters. The summed E-state index contributed by atoms with van der Waals surface area (Å²) < 4.78 is 37.1. The molecule has 1 aromatic carbocycles. The summed E-state index contributed by atoms with van der Waals surface area (Å²) in [6, 6.07) is 4.45. The third-order valence-corrected chi connectivity index (χ3v) is 3.28. The first kappa shape index (κ1) is 14.6. The number of ketones is 1. The van der Waals surface area contributed by atoms with Gasteiger partial charge < -0.3 is 0 Å². The van der Waals surface area contributed by atoms with Gasteiger partial charge in [0, 0.05) is 10.5 Å². The van der Waals surface area contributed by atoms with Crippen LogP contribution in [0.1, 0.15) is 22.8 Å². The van der Waals surface area contributed by atoms with Crippen molar-refractivity contribution in [1.82, 2.24) is 0 Å². The van der Waals surface area contributed by atoms with Gasteiger partial charge in [0.25, 0.3) is 0 Å². The maximum atomic E-state index is 12.4. The Morgan fingerprint density at radius 3 is 2.47 bits per heavy atom. The van der Waals surface area contributed by atoms with Gasteiger partial charge in [-0.05, 0) is 37.2 Å². The van der Waals surface area contributed by atoms with E-state index in [-0.39, 0.29) is 28.0 Å². The number of benzene rings is 1. The van der Waals surface area contributed by atoms with Crippen LogP contribution in [0.5, 0.6) is 0 Å². The summed E-state index contributed by atoms with van der Waals surface area (Å²) in [6.07, 6.45) is 0. The topological polar surface area (TPSA) is 17.1 Å². The van der Waals surface area contributed by atoms with Gasteiger partial charge in [-0.15, -0.1) is 0 Å². The number of halogens is 4. The Hall–Kier alpha value is -0.490. The Morgan fingerprint density at radius 2 is 2.00 bits per heavy atom. The molecule has 17 heavy (non-hydrogen) atoms. The Bertz CT molecular complexity index is 429. The van der Waals surface area contributed by atoms with E-state index >= 15 is 0 Å². The molecule has 6 heteroatoms. The van der Waals surface area contributed by atoms with Gasteiger partial charge in [-0.3, -0.25) is 4.79 Å². The zero-order valence-electron chi connectivity index (χ0n) is 9.14. The molecule has 0 aromatic heterocycles. The van der Waals surface area contributed by atoms with E-state index in [0.717, 1.165) is 0 Å². The predicted molar refractivity (Wildman–Crippen MR) is 65.8 cm³/mol. The molecular weight excluding hydrogens is 317 g/mol. The van der Waals surface area contributed by atoms with Crippen molar-refractivity contribution in [2.24, 2.45) is 0 Å². The molecule has 94 valence electrons. The zero-order valence-corrected chi connectivity index (χ0v) is 11.5. The average molecular weight is 327 g/mol. The van der Waals surface area contributed by atoms with E-state index in [1.54, 1.807) is 19.9 Å². The highest BCUT2D eigenvalue weighted by Gasteiger charge is 2.32. The lowest BCUT2D eigenvalue weighted by atomic mass is 10.0. The van der Waals surface area contributed by atoms with Crippen LogP contribution in [-0.2, 0) is 0 Å². The number of carbonyl (C=O) groups is 1. The van der Waals surface area contributed by atoms with Crippen molar-refractivity contribution in [2.75, 3.05) is 0 Å². The molecule has 1 unspecified atom stereocenters. The van der Waals surface area contributed by atoms with Crippen LogP contribution in [0.25, 0.3) is 0 Å². The van der Waals surface area contributed by atoms with Crippen LogP contribution in [0.4, 0.5) is 13.2 Å². The second kappa shape index (κ2) is 5.44. The van der Waals surface area contributed by atoms with Crippen LogP contribution >= 0.6 is 27.7 Å². The van der Waals surface area contributed by atoms with Crippen molar-refractivity contribution in [1.29, 1.82) is 0 Å². The minimum atomic E-state index is -4.39. The van der Waals surface area contributed by atoms with E-state index in [9.17, 15) is 18.0 Å². The van der Waals surface area contributed by atoms with Crippen molar-refractivity contribution >= 4 is 33.5 Å². The second-order valence-electron chi connectivity index (χ2n) is 3.48. The lowest BCUT2D eigenvalue weighted by Gasteiger charge is -2.13. The summed E-state index contributed by atoms with van der Waals surface area (Å²) in [5.41, 5.74) is -3.70. The minimum Gasteiger partial charge on any atom is -0.293 e. The van der Waals surface area contributed by atoms with Crippen LogP contribution in [0.2, 0.25) is 0 Å². The van der Waals surface area contributed by atoms with Crippen molar-refractivity contribution in [3.05, 3.63) is 29.3 Å². The number of thioether (sulfide) groups is 1. The van der Waals surface area contributed by atoms with Gasteiger partial charge in [-0.25, -0.2) is 0 Å². The highest BCUT2D eigenvalue weighted by molar-refractivity contribution is 9.10. The first-order valence-corrected chi connectivity index (χ1v) is 6.49. The highest BCUT2D eigenvalue weighted by Crippen LogP contribution is 2.39. The molecule has 0 aliphatic heterocycles. The molecule has 1 aromatic rings. The number of aryl methyl sites for hydroxylation is 1. The molecule has 0 bridgehead atoms. The normalized spacial score (nSPS) is 13.5. The Morgan fingerprint density at radius 1 is 1.41 bits per heavy atom. The molecule has 0 heterocycles. The van der Waals surface area contributed by atoms with Gasteiger partial charge in [0.2, 0.25) is 0 Å². The Balaban J connectivity index is 3.22. The smallest absolute Gasteiger partial charge is 0.293 e. The van der Waals surface area contributed by atoms with Crippen molar-refractivity contribution in [3.8, 4) is 0 Å². The highest BCUT2D eigenvalue weighted by atomic mass is 79.9. The molecule has 0 spiro atoms. The van der Waals surface area contributed by atoms with Gasteiger partial charge in [0.1, 0.15) is 0 Å². The largest absolute Gasteiger partial charge is 0.446 e. The zero-order chi connectivity index (χ0) is 13.2. The van der Waals surface area contributed by atoms with Gasteiger partial charge in [0.15, 0.2) is 5.78 Å². The second-order valence-corrected chi connectivity index (χ2v) is 5.96. The SMILES string of the molecule is Cc1cccc(SC(F)(F)F)c1C(=O)C(C)Br. The molecule has 1 rings (SSSR count). The van der Waals surface area contributed by atoms with Crippen molar-refractivity contribution in [3.63, 3.8) is 0 Å². The van der Waals surface area contributed by atoms with Crippen LogP contribution in [0.15, 0.2) is 23.1 Å². The summed E-state index contributed by atoms with van der Waals surface area (Å²) in [6.45, 7) is 3.22. The molecule has 0 saturated carbocycles. The number of rotatable bonds is 3.